The van der Waals surface area contributed by atoms with Crippen LogP contribution in [0.3, 0.4) is 0 Å². The zero-order valence-corrected chi connectivity index (χ0v) is 8.19. The van der Waals surface area contributed by atoms with E-state index in [1.165, 1.54) is 10.6 Å². The van der Waals surface area contributed by atoms with E-state index in [-0.39, 0.29) is 10.6 Å². The molecule has 0 amide bonds. The van der Waals surface area contributed by atoms with E-state index in [1.807, 2.05) is 6.92 Å². The summed E-state index contributed by atoms with van der Waals surface area (Å²) in [6.07, 6.45) is 2.48. The highest BCUT2D eigenvalue weighted by molar-refractivity contribution is 6.34. The van der Waals surface area contributed by atoms with Crippen LogP contribution in [0.25, 0.3) is 0 Å². The number of hydrogen-bond donors (Lipinski definition) is 0. The van der Waals surface area contributed by atoms with Gasteiger partial charge < -0.3 is 4.57 Å². The molecule has 1 aromatic rings. The molecule has 0 fully saturated rings. The summed E-state index contributed by atoms with van der Waals surface area (Å²) in [7, 11) is 0. The highest BCUT2D eigenvalue weighted by Crippen LogP contribution is 2.11. The van der Waals surface area contributed by atoms with Crippen molar-refractivity contribution in [1.82, 2.24) is 4.57 Å². The second-order valence-corrected chi connectivity index (χ2v) is 3.35. The fourth-order valence-corrected chi connectivity index (χ4v) is 1.48. The first-order chi connectivity index (χ1) is 5.65. The molecule has 0 aliphatic rings. The molecule has 1 heterocycles. The summed E-state index contributed by atoms with van der Waals surface area (Å²) in [6.45, 7) is 2.64. The molecule has 12 heavy (non-hydrogen) atoms. The molecule has 0 radical (unpaired) electrons. The van der Waals surface area contributed by atoms with Gasteiger partial charge in [-0.1, -0.05) is 30.1 Å². The van der Waals surface area contributed by atoms with Crippen LogP contribution in [0.15, 0.2) is 17.1 Å². The molecule has 0 saturated heterocycles. The molecular formula is C8H9Cl2NO. The van der Waals surface area contributed by atoms with Crippen LogP contribution in [-0.2, 0) is 6.54 Å². The van der Waals surface area contributed by atoms with Gasteiger partial charge in [0.2, 0.25) is 0 Å². The third-order valence-electron chi connectivity index (χ3n) is 1.47. The van der Waals surface area contributed by atoms with Gasteiger partial charge >= 0.3 is 0 Å². The van der Waals surface area contributed by atoms with Crippen LogP contribution in [0, 0.1) is 0 Å². The van der Waals surface area contributed by atoms with Crippen molar-refractivity contribution in [2.45, 2.75) is 19.9 Å². The van der Waals surface area contributed by atoms with Crippen LogP contribution in [-0.4, -0.2) is 4.57 Å². The topological polar surface area (TPSA) is 22.0 Å². The van der Waals surface area contributed by atoms with Crippen molar-refractivity contribution in [3.8, 4) is 0 Å². The Morgan fingerprint density at radius 3 is 2.75 bits per heavy atom. The first-order valence-electron chi connectivity index (χ1n) is 3.70. The lowest BCUT2D eigenvalue weighted by molar-refractivity contribution is 0.654. The molecule has 0 atom stereocenters. The van der Waals surface area contributed by atoms with E-state index in [2.05, 4.69) is 0 Å². The molecule has 0 N–H and O–H groups in total. The number of aryl methyl sites for hydroxylation is 1. The Morgan fingerprint density at radius 1 is 1.50 bits per heavy atom. The van der Waals surface area contributed by atoms with E-state index in [1.54, 1.807) is 6.20 Å². The predicted molar refractivity (Wildman–Crippen MR) is 51.0 cm³/mol. The number of pyridine rings is 1. The minimum Gasteiger partial charge on any atom is -0.313 e. The Labute approximate surface area is 80.7 Å². The van der Waals surface area contributed by atoms with Crippen LogP contribution >= 0.6 is 23.2 Å². The molecule has 66 valence electrons. The van der Waals surface area contributed by atoms with Crippen LogP contribution in [0.4, 0.5) is 0 Å². The summed E-state index contributed by atoms with van der Waals surface area (Å²) in [5.74, 6) is 0. The monoisotopic (exact) mass is 205 g/mol. The summed E-state index contributed by atoms with van der Waals surface area (Å²) in [5.41, 5.74) is -0.178. The van der Waals surface area contributed by atoms with E-state index in [4.69, 9.17) is 23.2 Å². The first kappa shape index (κ1) is 9.62. The molecule has 0 bridgehead atoms. The van der Waals surface area contributed by atoms with Crippen molar-refractivity contribution in [2.75, 3.05) is 0 Å². The number of hydrogen-bond acceptors (Lipinski definition) is 1. The predicted octanol–water partition coefficient (Wildman–Crippen LogP) is 2.57. The van der Waals surface area contributed by atoms with E-state index in [0.717, 1.165) is 6.42 Å². The zero-order chi connectivity index (χ0) is 9.14. The van der Waals surface area contributed by atoms with Crippen molar-refractivity contribution in [3.05, 3.63) is 32.7 Å². The van der Waals surface area contributed by atoms with Gasteiger partial charge in [0, 0.05) is 12.7 Å². The quantitative estimate of drug-likeness (QED) is 0.728. The molecule has 0 unspecified atom stereocenters. The van der Waals surface area contributed by atoms with Gasteiger partial charge in [0.25, 0.3) is 5.56 Å². The zero-order valence-electron chi connectivity index (χ0n) is 6.68. The van der Waals surface area contributed by atoms with Gasteiger partial charge in [0.15, 0.2) is 0 Å². The van der Waals surface area contributed by atoms with E-state index >= 15 is 0 Å². The third-order valence-corrected chi connectivity index (χ3v) is 1.95. The Bertz CT molecular complexity index is 332. The van der Waals surface area contributed by atoms with Crippen molar-refractivity contribution in [1.29, 1.82) is 0 Å². The van der Waals surface area contributed by atoms with Crippen molar-refractivity contribution in [2.24, 2.45) is 0 Å². The average molecular weight is 206 g/mol. The standard InChI is InChI=1S/C8H9Cl2NO/c1-2-3-11-5-6(9)4-7(10)8(11)12/h4-5H,2-3H2,1H3. The lowest BCUT2D eigenvalue weighted by Crippen LogP contribution is -2.19. The molecule has 1 rings (SSSR count). The molecule has 2 nitrogen and oxygen atoms in total. The van der Waals surface area contributed by atoms with Gasteiger partial charge in [-0.25, -0.2) is 0 Å². The molecule has 1 aromatic heterocycles. The Balaban J connectivity index is 3.19. The molecule has 0 saturated carbocycles. The second kappa shape index (κ2) is 3.97. The highest BCUT2D eigenvalue weighted by atomic mass is 35.5. The van der Waals surface area contributed by atoms with Crippen LogP contribution in [0.5, 0.6) is 0 Å². The summed E-state index contributed by atoms with van der Waals surface area (Å²) in [5, 5.41) is 0.670. The van der Waals surface area contributed by atoms with Crippen LogP contribution in [0.2, 0.25) is 10.0 Å². The average Bonchev–Trinajstić information content (AvgIpc) is 2.00. The summed E-state index contributed by atoms with van der Waals surface area (Å²) < 4.78 is 1.52. The number of aromatic nitrogens is 1. The lowest BCUT2D eigenvalue weighted by atomic mass is 10.4. The highest BCUT2D eigenvalue weighted by Gasteiger charge is 2.01. The van der Waals surface area contributed by atoms with Gasteiger partial charge in [-0.2, -0.15) is 0 Å². The van der Waals surface area contributed by atoms with Gasteiger partial charge in [0.1, 0.15) is 5.02 Å². The SMILES string of the molecule is CCCn1cc(Cl)cc(Cl)c1=O. The molecule has 4 heteroatoms. The first-order valence-corrected chi connectivity index (χ1v) is 4.46. The lowest BCUT2D eigenvalue weighted by Gasteiger charge is -2.03. The van der Waals surface area contributed by atoms with Gasteiger partial charge in [0.05, 0.1) is 5.02 Å². The van der Waals surface area contributed by atoms with Crippen LogP contribution in [0.1, 0.15) is 13.3 Å². The molecule has 0 spiro atoms. The largest absolute Gasteiger partial charge is 0.313 e. The Kier molecular flexibility index (Phi) is 3.18. The fraction of sp³-hybridized carbons (Fsp3) is 0.375. The van der Waals surface area contributed by atoms with Gasteiger partial charge in [-0.05, 0) is 12.5 Å². The Hall–Kier alpha value is -0.470. The van der Waals surface area contributed by atoms with E-state index in [0.29, 0.717) is 11.6 Å². The maximum atomic E-state index is 11.3. The maximum absolute atomic E-state index is 11.3. The second-order valence-electron chi connectivity index (χ2n) is 2.50. The minimum absolute atomic E-state index is 0.177. The van der Waals surface area contributed by atoms with Gasteiger partial charge in [-0.15, -0.1) is 0 Å². The smallest absolute Gasteiger partial charge is 0.269 e. The number of rotatable bonds is 2. The molecule has 0 aromatic carbocycles. The Morgan fingerprint density at radius 2 is 2.17 bits per heavy atom. The summed E-state index contributed by atoms with van der Waals surface area (Å²) in [4.78, 5) is 11.3. The molecular weight excluding hydrogens is 197 g/mol. The van der Waals surface area contributed by atoms with Crippen molar-refractivity contribution >= 4 is 23.2 Å². The summed E-state index contributed by atoms with van der Waals surface area (Å²) in [6, 6.07) is 1.46. The third kappa shape index (κ3) is 2.02. The maximum Gasteiger partial charge on any atom is 0.269 e. The van der Waals surface area contributed by atoms with Crippen LogP contribution < -0.4 is 5.56 Å². The van der Waals surface area contributed by atoms with Gasteiger partial charge in [-0.3, -0.25) is 4.79 Å². The van der Waals surface area contributed by atoms with E-state index < -0.39 is 0 Å². The fourth-order valence-electron chi connectivity index (χ4n) is 0.972. The minimum atomic E-state index is -0.178. The molecule has 0 aliphatic heterocycles. The number of nitrogens with zero attached hydrogens (tertiary/aromatic N) is 1. The number of halogens is 2. The van der Waals surface area contributed by atoms with E-state index in [9.17, 15) is 4.79 Å². The van der Waals surface area contributed by atoms with Crippen molar-refractivity contribution in [3.63, 3.8) is 0 Å². The molecule has 0 aliphatic carbocycles. The van der Waals surface area contributed by atoms with Crippen molar-refractivity contribution < 1.29 is 0 Å². The normalized spacial score (nSPS) is 10.2. The summed E-state index contributed by atoms with van der Waals surface area (Å²) >= 11 is 11.4.